The molecule has 6 heteroatoms. The zero-order valence-electron chi connectivity index (χ0n) is 6.45. The van der Waals surface area contributed by atoms with Crippen molar-refractivity contribution in [2.75, 3.05) is 0 Å². The molecule has 0 fully saturated rings. The Balaban J connectivity index is 3.66. The summed E-state index contributed by atoms with van der Waals surface area (Å²) in [5.74, 6) is 0. The standard InChI is InChI=1S/C8O2S4/c9-3-5(11)1-2(7(3)13)8(14)4(10)6(1)12. The fourth-order valence-corrected chi connectivity index (χ4v) is 2.80. The minimum Gasteiger partial charge on any atom is -0.287 e. The summed E-state index contributed by atoms with van der Waals surface area (Å²) < 4.78 is 0.123. The van der Waals surface area contributed by atoms with Crippen LogP contribution in [0.1, 0.15) is 0 Å². The molecule has 0 aromatic heterocycles. The molecule has 68 valence electrons. The molecule has 0 amide bonds. The van der Waals surface area contributed by atoms with Gasteiger partial charge in [0.15, 0.2) is 0 Å². The van der Waals surface area contributed by atoms with Crippen molar-refractivity contribution in [3.8, 4) is 0 Å². The van der Waals surface area contributed by atoms with Crippen LogP contribution in [0.3, 0.4) is 0 Å². The minimum absolute atomic E-state index is 0.0307. The van der Waals surface area contributed by atoms with Crippen molar-refractivity contribution < 1.29 is 0 Å². The van der Waals surface area contributed by atoms with E-state index in [0.29, 0.717) is 10.8 Å². The topological polar surface area (TPSA) is 34.1 Å². The minimum atomic E-state index is -0.419. The Bertz CT molecular complexity index is 697. The summed E-state index contributed by atoms with van der Waals surface area (Å²) in [7, 11) is 0. The van der Waals surface area contributed by atoms with Crippen LogP contribution in [0.15, 0.2) is 9.59 Å². The average Bonchev–Trinajstić information content (AvgIpc) is 2.51. The second-order valence-corrected chi connectivity index (χ2v) is 4.36. The summed E-state index contributed by atoms with van der Waals surface area (Å²) in [5, 5.41) is 0.611. The molecule has 0 aliphatic heterocycles. The summed E-state index contributed by atoms with van der Waals surface area (Å²) in [6.07, 6.45) is 0. The van der Waals surface area contributed by atoms with Gasteiger partial charge in [0.2, 0.25) is 10.9 Å². The number of hydrogen-bond acceptors (Lipinski definition) is 6. The van der Waals surface area contributed by atoms with Crippen LogP contribution >= 0.6 is 48.9 Å². The summed E-state index contributed by atoms with van der Waals surface area (Å²) >= 11 is 19.4. The molecule has 0 heterocycles. The van der Waals surface area contributed by atoms with E-state index in [1.165, 1.54) is 0 Å². The molecular weight excluding hydrogens is 256 g/mol. The Labute approximate surface area is 97.9 Å². The first kappa shape index (κ1) is 9.97. The molecule has 0 atom stereocenters. The maximum Gasteiger partial charge on any atom is 0.215 e. The molecule has 2 aromatic rings. The van der Waals surface area contributed by atoms with E-state index in [4.69, 9.17) is 48.9 Å². The molecule has 2 nitrogen and oxygen atoms in total. The molecule has 0 spiro atoms. The van der Waals surface area contributed by atoms with Crippen LogP contribution in [0.25, 0.3) is 10.8 Å². The Morgan fingerprint density at radius 1 is 0.571 bits per heavy atom. The van der Waals surface area contributed by atoms with Crippen molar-refractivity contribution in [1.29, 1.82) is 0 Å². The van der Waals surface area contributed by atoms with Crippen LogP contribution in [0, 0.1) is 18.0 Å². The van der Waals surface area contributed by atoms with Gasteiger partial charge in [-0.15, -0.1) is 0 Å². The normalized spacial score (nSPS) is 11.1. The second-order valence-electron chi connectivity index (χ2n) is 2.72. The lowest BCUT2D eigenvalue weighted by Crippen LogP contribution is -1.98. The van der Waals surface area contributed by atoms with E-state index in [1.54, 1.807) is 0 Å². The highest BCUT2D eigenvalue weighted by atomic mass is 32.1. The first-order chi connectivity index (χ1) is 6.46. The van der Waals surface area contributed by atoms with Gasteiger partial charge in [-0.2, -0.15) is 0 Å². The van der Waals surface area contributed by atoms with Crippen LogP contribution < -0.4 is 10.9 Å². The van der Waals surface area contributed by atoms with Crippen molar-refractivity contribution in [3.05, 3.63) is 38.5 Å². The van der Waals surface area contributed by atoms with E-state index in [2.05, 4.69) is 0 Å². The third-order valence-electron chi connectivity index (χ3n) is 1.98. The molecule has 0 N–H and O–H groups in total. The second kappa shape index (κ2) is 2.96. The van der Waals surface area contributed by atoms with Gasteiger partial charge in [0, 0.05) is 10.8 Å². The smallest absolute Gasteiger partial charge is 0.215 e. The van der Waals surface area contributed by atoms with Crippen molar-refractivity contribution in [2.45, 2.75) is 0 Å². The Kier molecular flexibility index (Phi) is 2.11. The predicted molar refractivity (Wildman–Crippen MR) is 64.6 cm³/mol. The van der Waals surface area contributed by atoms with Gasteiger partial charge >= 0.3 is 0 Å². The lowest BCUT2D eigenvalue weighted by molar-refractivity contribution is 1.64. The van der Waals surface area contributed by atoms with E-state index < -0.39 is 10.9 Å². The van der Waals surface area contributed by atoms with Gasteiger partial charge in [0.1, 0.15) is 0 Å². The predicted octanol–water partition coefficient (Wildman–Crippen LogP) is 2.23. The Morgan fingerprint density at radius 3 is 1.00 bits per heavy atom. The quantitative estimate of drug-likeness (QED) is 0.672. The molecule has 0 radical (unpaired) electrons. The zero-order chi connectivity index (χ0) is 10.6. The van der Waals surface area contributed by atoms with Gasteiger partial charge < -0.3 is 0 Å². The summed E-state index contributed by atoms with van der Waals surface area (Å²) in [6.45, 7) is 0. The highest BCUT2D eigenvalue weighted by Gasteiger charge is 2.14. The molecule has 0 aliphatic carbocycles. The summed E-state index contributed by atoms with van der Waals surface area (Å²) in [6, 6.07) is 0. The maximum atomic E-state index is 11.4. The van der Waals surface area contributed by atoms with Crippen molar-refractivity contribution >= 4 is 59.6 Å². The molecule has 0 unspecified atom stereocenters. The fourth-order valence-electron chi connectivity index (χ4n) is 1.32. The van der Waals surface area contributed by atoms with Gasteiger partial charge in [-0.3, -0.25) is 9.59 Å². The molecule has 0 bridgehead atoms. The van der Waals surface area contributed by atoms with E-state index in [1.807, 2.05) is 0 Å². The average molecular weight is 256 g/mol. The monoisotopic (exact) mass is 256 g/mol. The lowest BCUT2D eigenvalue weighted by Gasteiger charge is -1.69. The van der Waals surface area contributed by atoms with E-state index in [-0.39, 0.29) is 18.0 Å². The van der Waals surface area contributed by atoms with E-state index >= 15 is 0 Å². The first-order valence-electron chi connectivity index (χ1n) is 3.47. The van der Waals surface area contributed by atoms with Gasteiger partial charge in [-0.05, 0) is 0 Å². The van der Waals surface area contributed by atoms with Gasteiger partial charge in [0.05, 0.1) is 18.0 Å². The van der Waals surface area contributed by atoms with Gasteiger partial charge in [-0.25, -0.2) is 0 Å². The molecule has 14 heavy (non-hydrogen) atoms. The van der Waals surface area contributed by atoms with E-state index in [9.17, 15) is 9.59 Å². The molecule has 0 saturated carbocycles. The SMILES string of the molecule is O=c1c(=S)c2c(=S)c(=O)c(=S)c2c1=S. The number of rotatable bonds is 0. The Hall–Kier alpha value is -0.560. The van der Waals surface area contributed by atoms with Crippen molar-refractivity contribution in [2.24, 2.45) is 0 Å². The molecule has 2 rings (SSSR count). The molecule has 0 aliphatic rings. The molecule has 2 aromatic carbocycles. The number of fused-ring (bicyclic) bond motifs is 1. The number of hydrogen-bond donors (Lipinski definition) is 0. The van der Waals surface area contributed by atoms with Crippen LogP contribution in [0.4, 0.5) is 0 Å². The van der Waals surface area contributed by atoms with Crippen LogP contribution in [-0.4, -0.2) is 0 Å². The van der Waals surface area contributed by atoms with Crippen molar-refractivity contribution in [3.63, 3.8) is 0 Å². The van der Waals surface area contributed by atoms with Crippen LogP contribution in [0.2, 0.25) is 0 Å². The van der Waals surface area contributed by atoms with Crippen LogP contribution in [0.5, 0.6) is 0 Å². The highest BCUT2D eigenvalue weighted by Crippen LogP contribution is 2.17. The largest absolute Gasteiger partial charge is 0.287 e. The van der Waals surface area contributed by atoms with Gasteiger partial charge in [-0.1, -0.05) is 48.9 Å². The third-order valence-corrected chi connectivity index (χ3v) is 3.54. The Morgan fingerprint density at radius 2 is 0.786 bits per heavy atom. The van der Waals surface area contributed by atoms with Crippen molar-refractivity contribution in [1.82, 2.24) is 0 Å². The zero-order valence-corrected chi connectivity index (χ0v) is 9.72. The van der Waals surface area contributed by atoms with E-state index in [0.717, 1.165) is 0 Å². The molecular formula is C8O2S4. The van der Waals surface area contributed by atoms with Crippen LogP contribution in [-0.2, 0) is 0 Å². The maximum absolute atomic E-state index is 11.4. The summed E-state index contributed by atoms with van der Waals surface area (Å²) in [5.41, 5.74) is -0.839. The lowest BCUT2D eigenvalue weighted by atomic mass is 10.4. The van der Waals surface area contributed by atoms with Gasteiger partial charge in [0.25, 0.3) is 0 Å². The third kappa shape index (κ3) is 0.993. The molecule has 0 saturated heterocycles. The first-order valence-corrected chi connectivity index (χ1v) is 5.11. The fraction of sp³-hybridized carbons (Fsp3) is 0. The summed E-state index contributed by atoms with van der Waals surface area (Å²) in [4.78, 5) is 22.7. The highest BCUT2D eigenvalue weighted by molar-refractivity contribution is 7.73.